The van der Waals surface area contributed by atoms with E-state index in [-0.39, 0.29) is 11.9 Å². The topological polar surface area (TPSA) is 52.9 Å². The SMILES string of the molecule is C[C@@H](NC(=O)CSCc1ccccc1C#N)c1ccccc1. The average Bonchev–Trinajstić information content (AvgIpc) is 2.56. The highest BCUT2D eigenvalue weighted by Gasteiger charge is 2.09. The standard InChI is InChI=1S/C18H18N2OS/c1-14(15-7-3-2-4-8-15)20-18(21)13-22-12-17-10-6-5-9-16(17)11-19/h2-10,14H,12-13H2,1H3,(H,20,21)/t14-/m1/s1. The lowest BCUT2D eigenvalue weighted by atomic mass is 10.1. The summed E-state index contributed by atoms with van der Waals surface area (Å²) in [6, 6.07) is 19.5. The van der Waals surface area contributed by atoms with E-state index in [4.69, 9.17) is 5.26 Å². The Bertz CT molecular complexity index is 664. The summed E-state index contributed by atoms with van der Waals surface area (Å²) in [5, 5.41) is 12.0. The van der Waals surface area contributed by atoms with Gasteiger partial charge in [0.2, 0.25) is 5.91 Å². The van der Waals surface area contributed by atoms with Gasteiger partial charge in [0, 0.05) is 5.75 Å². The van der Waals surface area contributed by atoms with Crippen molar-refractivity contribution in [3.05, 3.63) is 71.3 Å². The molecular weight excluding hydrogens is 292 g/mol. The summed E-state index contributed by atoms with van der Waals surface area (Å²) in [6.45, 7) is 1.98. The summed E-state index contributed by atoms with van der Waals surface area (Å²) in [7, 11) is 0. The molecule has 0 fully saturated rings. The van der Waals surface area contributed by atoms with Gasteiger partial charge in [-0.3, -0.25) is 4.79 Å². The normalized spacial score (nSPS) is 11.5. The number of nitriles is 1. The molecule has 2 rings (SSSR count). The lowest BCUT2D eigenvalue weighted by Gasteiger charge is -2.14. The number of carbonyl (C=O) groups is 1. The largest absolute Gasteiger partial charge is 0.349 e. The first kappa shape index (κ1) is 16.1. The third-order valence-corrected chi connectivity index (χ3v) is 4.29. The molecule has 1 atom stereocenters. The summed E-state index contributed by atoms with van der Waals surface area (Å²) < 4.78 is 0. The fourth-order valence-corrected chi connectivity index (χ4v) is 2.96. The average molecular weight is 310 g/mol. The molecule has 0 saturated heterocycles. The van der Waals surface area contributed by atoms with Gasteiger partial charge in [0.05, 0.1) is 23.4 Å². The molecule has 0 aliphatic carbocycles. The van der Waals surface area contributed by atoms with Crippen LogP contribution in [0.25, 0.3) is 0 Å². The van der Waals surface area contributed by atoms with Crippen LogP contribution in [-0.4, -0.2) is 11.7 Å². The fourth-order valence-electron chi connectivity index (χ4n) is 2.12. The minimum absolute atomic E-state index is 0.000643. The van der Waals surface area contributed by atoms with Crippen molar-refractivity contribution in [2.45, 2.75) is 18.7 Å². The molecule has 0 saturated carbocycles. The number of hydrogen-bond donors (Lipinski definition) is 1. The first-order valence-electron chi connectivity index (χ1n) is 7.10. The lowest BCUT2D eigenvalue weighted by Crippen LogP contribution is -2.28. The van der Waals surface area contributed by atoms with E-state index in [0.717, 1.165) is 11.1 Å². The number of carbonyl (C=O) groups excluding carboxylic acids is 1. The Labute approximate surface area is 135 Å². The van der Waals surface area contributed by atoms with Crippen molar-refractivity contribution in [1.82, 2.24) is 5.32 Å². The molecule has 22 heavy (non-hydrogen) atoms. The zero-order chi connectivity index (χ0) is 15.8. The Morgan fingerprint density at radius 1 is 1.18 bits per heavy atom. The van der Waals surface area contributed by atoms with E-state index in [1.165, 1.54) is 11.8 Å². The maximum Gasteiger partial charge on any atom is 0.230 e. The first-order valence-corrected chi connectivity index (χ1v) is 8.26. The van der Waals surface area contributed by atoms with E-state index in [1.807, 2.05) is 55.5 Å². The Balaban J connectivity index is 1.80. The zero-order valence-corrected chi connectivity index (χ0v) is 13.3. The number of hydrogen-bond acceptors (Lipinski definition) is 3. The summed E-state index contributed by atoms with van der Waals surface area (Å²) in [6.07, 6.45) is 0. The number of thioether (sulfide) groups is 1. The minimum Gasteiger partial charge on any atom is -0.349 e. The number of amides is 1. The summed E-state index contributed by atoms with van der Waals surface area (Å²) in [5.41, 5.74) is 2.74. The molecule has 0 heterocycles. The van der Waals surface area contributed by atoms with Crippen molar-refractivity contribution in [2.24, 2.45) is 0 Å². The van der Waals surface area contributed by atoms with E-state index < -0.39 is 0 Å². The molecular formula is C18H18N2OS. The van der Waals surface area contributed by atoms with Crippen molar-refractivity contribution in [1.29, 1.82) is 5.26 Å². The quantitative estimate of drug-likeness (QED) is 0.885. The molecule has 2 aromatic carbocycles. The van der Waals surface area contributed by atoms with Gasteiger partial charge in [0.25, 0.3) is 0 Å². The molecule has 1 N–H and O–H groups in total. The number of benzene rings is 2. The van der Waals surface area contributed by atoms with Gasteiger partial charge >= 0.3 is 0 Å². The second kappa shape index (κ2) is 8.26. The molecule has 2 aromatic rings. The van der Waals surface area contributed by atoms with Crippen LogP contribution >= 0.6 is 11.8 Å². The Morgan fingerprint density at radius 3 is 2.59 bits per heavy atom. The van der Waals surface area contributed by atoms with Gasteiger partial charge in [0.15, 0.2) is 0 Å². The van der Waals surface area contributed by atoms with Gasteiger partial charge < -0.3 is 5.32 Å². The third kappa shape index (κ3) is 4.64. The van der Waals surface area contributed by atoms with Crippen LogP contribution in [0.3, 0.4) is 0 Å². The van der Waals surface area contributed by atoms with Crippen molar-refractivity contribution < 1.29 is 4.79 Å². The summed E-state index contributed by atoms with van der Waals surface area (Å²) >= 11 is 1.52. The maximum absolute atomic E-state index is 12.0. The smallest absolute Gasteiger partial charge is 0.230 e. The lowest BCUT2D eigenvalue weighted by molar-refractivity contribution is -0.119. The molecule has 0 aliphatic heterocycles. The van der Waals surface area contributed by atoms with Crippen molar-refractivity contribution >= 4 is 17.7 Å². The second-order valence-corrected chi connectivity index (χ2v) is 5.95. The van der Waals surface area contributed by atoms with Gasteiger partial charge in [0.1, 0.15) is 0 Å². The van der Waals surface area contributed by atoms with E-state index in [2.05, 4.69) is 11.4 Å². The van der Waals surface area contributed by atoms with Gasteiger partial charge in [-0.1, -0.05) is 48.5 Å². The van der Waals surface area contributed by atoms with E-state index in [1.54, 1.807) is 6.07 Å². The van der Waals surface area contributed by atoms with Crippen molar-refractivity contribution in [2.75, 3.05) is 5.75 Å². The highest BCUT2D eigenvalue weighted by molar-refractivity contribution is 7.99. The zero-order valence-electron chi connectivity index (χ0n) is 12.5. The number of rotatable bonds is 6. The second-order valence-electron chi connectivity index (χ2n) is 4.96. The predicted molar refractivity (Wildman–Crippen MR) is 90.3 cm³/mol. The van der Waals surface area contributed by atoms with E-state index >= 15 is 0 Å². The van der Waals surface area contributed by atoms with Crippen LogP contribution in [0.15, 0.2) is 54.6 Å². The molecule has 0 aliphatic rings. The van der Waals surface area contributed by atoms with Crippen LogP contribution in [0, 0.1) is 11.3 Å². The van der Waals surface area contributed by atoms with Crippen LogP contribution < -0.4 is 5.32 Å². The number of nitrogens with one attached hydrogen (secondary N) is 1. The van der Waals surface area contributed by atoms with Crippen LogP contribution in [-0.2, 0) is 10.5 Å². The van der Waals surface area contributed by atoms with Gasteiger partial charge in [-0.2, -0.15) is 5.26 Å². The fraction of sp³-hybridized carbons (Fsp3) is 0.222. The Kier molecular flexibility index (Phi) is 6.05. The molecule has 0 radical (unpaired) electrons. The van der Waals surface area contributed by atoms with Crippen LogP contribution in [0.4, 0.5) is 0 Å². The molecule has 1 amide bonds. The van der Waals surface area contributed by atoms with E-state index in [9.17, 15) is 4.79 Å². The molecule has 4 heteroatoms. The van der Waals surface area contributed by atoms with Crippen LogP contribution in [0.2, 0.25) is 0 Å². The Hall–Kier alpha value is -2.25. The highest BCUT2D eigenvalue weighted by Crippen LogP contribution is 2.16. The predicted octanol–water partition coefficient (Wildman–Crippen LogP) is 3.67. The van der Waals surface area contributed by atoms with Crippen LogP contribution in [0.1, 0.15) is 29.7 Å². The Morgan fingerprint density at radius 2 is 1.86 bits per heavy atom. The van der Waals surface area contributed by atoms with Crippen molar-refractivity contribution in [3.8, 4) is 6.07 Å². The molecule has 0 spiro atoms. The minimum atomic E-state index is 0.000643. The summed E-state index contributed by atoms with van der Waals surface area (Å²) in [5.74, 6) is 1.06. The molecule has 0 bridgehead atoms. The van der Waals surface area contributed by atoms with Crippen LogP contribution in [0.5, 0.6) is 0 Å². The monoisotopic (exact) mass is 310 g/mol. The molecule has 3 nitrogen and oxygen atoms in total. The van der Waals surface area contributed by atoms with Gasteiger partial charge in [-0.15, -0.1) is 11.8 Å². The summed E-state index contributed by atoms with van der Waals surface area (Å²) in [4.78, 5) is 12.0. The third-order valence-electron chi connectivity index (χ3n) is 3.31. The molecule has 0 aromatic heterocycles. The molecule has 0 unspecified atom stereocenters. The number of nitrogens with zero attached hydrogens (tertiary/aromatic N) is 1. The van der Waals surface area contributed by atoms with Gasteiger partial charge in [-0.25, -0.2) is 0 Å². The van der Waals surface area contributed by atoms with E-state index in [0.29, 0.717) is 17.1 Å². The highest BCUT2D eigenvalue weighted by atomic mass is 32.2. The van der Waals surface area contributed by atoms with Gasteiger partial charge in [-0.05, 0) is 24.1 Å². The maximum atomic E-state index is 12.0. The van der Waals surface area contributed by atoms with Crippen molar-refractivity contribution in [3.63, 3.8) is 0 Å². The molecule has 112 valence electrons. The first-order chi connectivity index (χ1) is 10.7.